The molecule has 2 aromatic carbocycles. The van der Waals surface area contributed by atoms with E-state index >= 15 is 0 Å². The molecule has 1 aliphatic rings. The molecule has 0 amide bonds. The van der Waals surface area contributed by atoms with Crippen LogP contribution in [0.1, 0.15) is 18.4 Å². The van der Waals surface area contributed by atoms with Crippen molar-refractivity contribution in [2.45, 2.75) is 23.1 Å². The van der Waals surface area contributed by atoms with Gasteiger partial charge >= 0.3 is 6.16 Å². The van der Waals surface area contributed by atoms with Crippen LogP contribution < -0.4 is 4.72 Å². The predicted octanol–water partition coefficient (Wildman–Crippen LogP) is 4.25. The lowest BCUT2D eigenvalue weighted by molar-refractivity contribution is 0.137. The first-order chi connectivity index (χ1) is 15.3. The minimum Gasteiger partial charge on any atom is -0.450 e. The highest BCUT2D eigenvalue weighted by Gasteiger charge is 2.49. The zero-order valence-electron chi connectivity index (χ0n) is 16.7. The predicted molar refractivity (Wildman–Crippen MR) is 118 cm³/mol. The van der Waals surface area contributed by atoms with E-state index in [-0.39, 0.29) is 17.9 Å². The molecular formula is C21H19N3O6S2. The number of fused-ring (bicyclic) bond motifs is 1. The van der Waals surface area contributed by atoms with Crippen LogP contribution in [0, 0.1) is 5.92 Å². The lowest BCUT2D eigenvalue weighted by Crippen LogP contribution is -2.27. The highest BCUT2D eigenvalue weighted by atomic mass is 32.2. The summed E-state index contributed by atoms with van der Waals surface area (Å²) in [5.74, 6) is 0.496. The Morgan fingerprint density at radius 2 is 1.72 bits per heavy atom. The molecular weight excluding hydrogens is 454 g/mol. The van der Waals surface area contributed by atoms with Crippen molar-refractivity contribution in [3.63, 3.8) is 0 Å². The summed E-state index contributed by atoms with van der Waals surface area (Å²) in [6.45, 7) is 2.08. The van der Waals surface area contributed by atoms with Crippen molar-refractivity contribution < 1.29 is 28.1 Å². The van der Waals surface area contributed by atoms with E-state index < -0.39 is 16.2 Å². The summed E-state index contributed by atoms with van der Waals surface area (Å²) in [4.78, 5) is 9.41. The van der Waals surface area contributed by atoms with E-state index in [0.29, 0.717) is 15.2 Å². The SMILES string of the molecule is C[C@H]1[C@H](NS(=O)(=O)c2ccc(-c3ccc4nonc4c3)s2)[C@H]1c1ccccc1.O=C(O)O. The number of nitrogens with zero attached hydrogens (tertiary/aromatic N) is 2. The molecule has 0 bridgehead atoms. The molecule has 5 rings (SSSR count). The van der Waals surface area contributed by atoms with Crippen molar-refractivity contribution in [1.82, 2.24) is 15.0 Å². The van der Waals surface area contributed by atoms with Gasteiger partial charge in [0.2, 0.25) is 10.0 Å². The van der Waals surface area contributed by atoms with Crippen molar-refractivity contribution in [3.8, 4) is 10.4 Å². The zero-order chi connectivity index (χ0) is 22.9. The average Bonchev–Trinajstić information content (AvgIpc) is 3.17. The monoisotopic (exact) mass is 473 g/mol. The fraction of sp³-hybridized carbons (Fsp3) is 0.190. The van der Waals surface area contributed by atoms with Crippen molar-refractivity contribution in [1.29, 1.82) is 0 Å². The van der Waals surface area contributed by atoms with Crippen molar-refractivity contribution >= 4 is 38.5 Å². The number of rotatable bonds is 5. The van der Waals surface area contributed by atoms with Gasteiger partial charge in [0.05, 0.1) is 0 Å². The average molecular weight is 474 g/mol. The highest BCUT2D eigenvalue weighted by Crippen LogP contribution is 2.48. The molecule has 0 radical (unpaired) electrons. The number of hydrogen-bond donors (Lipinski definition) is 3. The summed E-state index contributed by atoms with van der Waals surface area (Å²) in [7, 11) is -3.57. The summed E-state index contributed by atoms with van der Waals surface area (Å²) in [5.41, 5.74) is 3.37. The van der Waals surface area contributed by atoms with Crippen LogP contribution in [0.2, 0.25) is 0 Å². The Bertz CT molecular complexity index is 1350. The third-order valence-electron chi connectivity index (χ3n) is 5.24. The third-order valence-corrected chi connectivity index (χ3v) is 8.32. The van der Waals surface area contributed by atoms with Crippen LogP contribution in [0.4, 0.5) is 4.79 Å². The quantitative estimate of drug-likeness (QED) is 0.390. The van der Waals surface area contributed by atoms with Gasteiger partial charge in [-0.1, -0.05) is 43.3 Å². The molecule has 3 atom stereocenters. The molecule has 4 aromatic rings. The Balaban J connectivity index is 0.000000567. The van der Waals surface area contributed by atoms with E-state index in [2.05, 4.69) is 22.0 Å². The van der Waals surface area contributed by atoms with Gasteiger partial charge in [-0.05, 0) is 51.6 Å². The van der Waals surface area contributed by atoms with Gasteiger partial charge in [0, 0.05) is 16.8 Å². The van der Waals surface area contributed by atoms with E-state index in [1.807, 2.05) is 54.6 Å². The van der Waals surface area contributed by atoms with Crippen molar-refractivity contribution in [2.75, 3.05) is 0 Å². The molecule has 0 saturated heterocycles. The second-order valence-corrected chi connectivity index (χ2v) is 10.3. The summed E-state index contributed by atoms with van der Waals surface area (Å²) in [6, 6.07) is 19.0. The standard InChI is InChI=1S/C20H17N3O3S2.CH2O3/c1-12-19(13-5-3-2-4-6-13)20(12)23-28(24,25)18-10-9-17(27-18)14-7-8-15-16(11-14)22-26-21-15;2-1(3)4/h2-12,19-20,23H,1H3;(H2,2,3,4)/t12-,19-,20+;/m1./s1. The highest BCUT2D eigenvalue weighted by molar-refractivity contribution is 7.91. The van der Waals surface area contributed by atoms with E-state index in [1.165, 1.54) is 16.9 Å². The van der Waals surface area contributed by atoms with Gasteiger partial charge in [0.15, 0.2) is 0 Å². The van der Waals surface area contributed by atoms with Gasteiger partial charge in [-0.2, -0.15) is 0 Å². The fourth-order valence-corrected chi connectivity index (χ4v) is 6.29. The van der Waals surface area contributed by atoms with E-state index in [4.69, 9.17) is 19.6 Å². The molecule has 1 saturated carbocycles. The lowest BCUT2D eigenvalue weighted by atomic mass is 10.1. The van der Waals surface area contributed by atoms with Crippen LogP contribution in [0.5, 0.6) is 0 Å². The van der Waals surface area contributed by atoms with E-state index in [1.54, 1.807) is 6.07 Å². The van der Waals surface area contributed by atoms with Crippen molar-refractivity contribution in [2.24, 2.45) is 5.92 Å². The molecule has 2 aromatic heterocycles. The largest absolute Gasteiger partial charge is 0.503 e. The molecule has 1 aliphatic carbocycles. The van der Waals surface area contributed by atoms with Crippen LogP contribution >= 0.6 is 11.3 Å². The first kappa shape index (κ1) is 21.9. The van der Waals surface area contributed by atoms with Crippen molar-refractivity contribution in [3.05, 3.63) is 66.2 Å². The first-order valence-corrected chi connectivity index (χ1v) is 11.9. The zero-order valence-corrected chi connectivity index (χ0v) is 18.4. The number of aromatic nitrogens is 2. The number of carboxylic acid groups (broad SMARTS) is 2. The number of benzene rings is 2. The topological polar surface area (TPSA) is 143 Å². The minimum atomic E-state index is -3.57. The maximum atomic E-state index is 12.9. The number of nitrogens with one attached hydrogen (secondary N) is 1. The molecule has 32 heavy (non-hydrogen) atoms. The van der Waals surface area contributed by atoms with Crippen LogP contribution in [0.25, 0.3) is 21.5 Å². The summed E-state index contributed by atoms with van der Waals surface area (Å²) >= 11 is 1.24. The normalized spacial score (nSPS) is 19.8. The molecule has 2 heterocycles. The molecule has 11 heteroatoms. The Labute approximate surface area is 187 Å². The van der Waals surface area contributed by atoms with Crippen LogP contribution in [-0.4, -0.2) is 41.1 Å². The molecule has 0 unspecified atom stereocenters. The molecule has 166 valence electrons. The minimum absolute atomic E-state index is 0.0736. The first-order valence-electron chi connectivity index (χ1n) is 9.58. The Hall–Kier alpha value is -3.28. The smallest absolute Gasteiger partial charge is 0.450 e. The van der Waals surface area contributed by atoms with Gasteiger partial charge in [-0.3, -0.25) is 0 Å². The number of hydrogen-bond acceptors (Lipinski definition) is 7. The molecule has 1 fully saturated rings. The summed E-state index contributed by atoms with van der Waals surface area (Å²) < 4.78 is 33.7. The van der Waals surface area contributed by atoms with Gasteiger partial charge in [-0.15, -0.1) is 11.3 Å². The van der Waals surface area contributed by atoms with E-state index in [9.17, 15) is 8.42 Å². The second kappa shape index (κ2) is 8.69. The van der Waals surface area contributed by atoms with E-state index in [0.717, 1.165) is 10.4 Å². The number of sulfonamides is 1. The lowest BCUT2D eigenvalue weighted by Gasteiger charge is -2.04. The third kappa shape index (κ3) is 4.64. The van der Waals surface area contributed by atoms with Gasteiger partial charge in [0.1, 0.15) is 15.2 Å². The molecule has 9 nitrogen and oxygen atoms in total. The van der Waals surface area contributed by atoms with Gasteiger partial charge in [-0.25, -0.2) is 22.6 Å². The van der Waals surface area contributed by atoms with Gasteiger partial charge < -0.3 is 10.2 Å². The Morgan fingerprint density at radius 1 is 1.03 bits per heavy atom. The second-order valence-electron chi connectivity index (χ2n) is 7.31. The molecule has 0 spiro atoms. The summed E-state index contributed by atoms with van der Waals surface area (Å²) in [5, 5.41) is 21.6. The number of thiophene rings is 1. The van der Waals surface area contributed by atoms with Crippen LogP contribution in [-0.2, 0) is 10.0 Å². The molecule has 3 N–H and O–H groups in total. The maximum Gasteiger partial charge on any atom is 0.503 e. The number of carbonyl (C=O) groups is 1. The summed E-state index contributed by atoms with van der Waals surface area (Å²) in [6.07, 6.45) is -1.83. The maximum absolute atomic E-state index is 12.9. The Morgan fingerprint density at radius 3 is 2.44 bits per heavy atom. The van der Waals surface area contributed by atoms with Crippen LogP contribution in [0.3, 0.4) is 0 Å². The van der Waals surface area contributed by atoms with Crippen LogP contribution in [0.15, 0.2) is 69.5 Å². The molecule has 0 aliphatic heterocycles. The van der Waals surface area contributed by atoms with Gasteiger partial charge in [0.25, 0.3) is 0 Å². The Kier molecular flexibility index (Phi) is 5.96. The fourth-order valence-electron chi connectivity index (χ4n) is 3.62.